The summed E-state index contributed by atoms with van der Waals surface area (Å²) in [4.78, 5) is 12.5. The van der Waals surface area contributed by atoms with Crippen molar-refractivity contribution in [3.63, 3.8) is 0 Å². The largest absolute Gasteiger partial charge is 0.497 e. The van der Waals surface area contributed by atoms with Crippen LogP contribution in [-0.2, 0) is 10.0 Å². The SMILES string of the molecule is COc1ccc(OCCNC(=O)c2ccc(Cl)c(S(=O)(=O)N3CCCCCC3)c2)cc1. The lowest BCUT2D eigenvalue weighted by Crippen LogP contribution is -2.32. The first-order valence-electron chi connectivity index (χ1n) is 10.3. The molecule has 0 bridgehead atoms. The second kappa shape index (κ2) is 10.8. The maximum Gasteiger partial charge on any atom is 0.251 e. The number of rotatable bonds is 8. The normalized spacial score (nSPS) is 15.2. The van der Waals surface area contributed by atoms with Gasteiger partial charge in [0.15, 0.2) is 0 Å². The van der Waals surface area contributed by atoms with Crippen molar-refractivity contribution < 1.29 is 22.7 Å². The molecule has 2 aromatic carbocycles. The van der Waals surface area contributed by atoms with Crippen LogP contribution >= 0.6 is 11.6 Å². The Morgan fingerprint density at radius 2 is 1.68 bits per heavy atom. The Morgan fingerprint density at radius 1 is 1.03 bits per heavy atom. The second-order valence-corrected chi connectivity index (χ2v) is 9.56. The van der Waals surface area contributed by atoms with Crippen molar-refractivity contribution in [1.82, 2.24) is 9.62 Å². The number of amides is 1. The highest BCUT2D eigenvalue weighted by molar-refractivity contribution is 7.89. The summed E-state index contributed by atoms with van der Waals surface area (Å²) in [5, 5.41) is 2.85. The first-order valence-corrected chi connectivity index (χ1v) is 12.1. The van der Waals surface area contributed by atoms with Gasteiger partial charge < -0.3 is 14.8 Å². The van der Waals surface area contributed by atoms with E-state index in [1.54, 1.807) is 31.4 Å². The molecule has 1 N–H and O–H groups in total. The van der Waals surface area contributed by atoms with Crippen LogP contribution in [0.3, 0.4) is 0 Å². The third-order valence-corrected chi connectivity index (χ3v) is 7.47. The smallest absolute Gasteiger partial charge is 0.251 e. The van der Waals surface area contributed by atoms with Crippen LogP contribution in [0.2, 0.25) is 5.02 Å². The second-order valence-electron chi connectivity index (χ2n) is 7.24. The van der Waals surface area contributed by atoms with Gasteiger partial charge in [-0.1, -0.05) is 24.4 Å². The lowest BCUT2D eigenvalue weighted by atomic mass is 10.2. The average Bonchev–Trinajstić information content (AvgIpc) is 3.07. The van der Waals surface area contributed by atoms with Gasteiger partial charge in [-0.15, -0.1) is 0 Å². The summed E-state index contributed by atoms with van der Waals surface area (Å²) in [7, 11) is -2.16. The van der Waals surface area contributed by atoms with Gasteiger partial charge in [-0.3, -0.25) is 4.79 Å². The minimum absolute atomic E-state index is 0.0294. The van der Waals surface area contributed by atoms with E-state index >= 15 is 0 Å². The number of methoxy groups -OCH3 is 1. The van der Waals surface area contributed by atoms with Gasteiger partial charge in [-0.2, -0.15) is 4.31 Å². The summed E-state index contributed by atoms with van der Waals surface area (Å²) in [6, 6.07) is 11.4. The molecular weight excluding hydrogens is 440 g/mol. The Bertz CT molecular complexity index is 987. The summed E-state index contributed by atoms with van der Waals surface area (Å²) in [6.45, 7) is 1.47. The van der Waals surface area contributed by atoms with Crippen molar-refractivity contribution in [2.24, 2.45) is 0 Å². The van der Waals surface area contributed by atoms with Crippen molar-refractivity contribution in [1.29, 1.82) is 0 Å². The van der Waals surface area contributed by atoms with Crippen LogP contribution in [-0.4, -0.2) is 52.0 Å². The molecule has 2 aromatic rings. The molecule has 0 saturated carbocycles. The maximum atomic E-state index is 13.1. The summed E-state index contributed by atoms with van der Waals surface area (Å²) in [5.41, 5.74) is 0.238. The summed E-state index contributed by atoms with van der Waals surface area (Å²) >= 11 is 6.20. The molecule has 1 aliphatic rings. The van der Waals surface area contributed by atoms with E-state index < -0.39 is 10.0 Å². The third-order valence-electron chi connectivity index (χ3n) is 5.09. The molecule has 1 fully saturated rings. The molecule has 0 aromatic heterocycles. The number of nitrogens with one attached hydrogen (secondary N) is 1. The van der Waals surface area contributed by atoms with Crippen LogP contribution in [0.25, 0.3) is 0 Å². The molecule has 0 unspecified atom stereocenters. The van der Waals surface area contributed by atoms with E-state index in [1.165, 1.54) is 22.5 Å². The Morgan fingerprint density at radius 3 is 2.32 bits per heavy atom. The number of hydrogen-bond donors (Lipinski definition) is 1. The Hall–Kier alpha value is -2.29. The van der Waals surface area contributed by atoms with E-state index in [0.29, 0.717) is 18.8 Å². The maximum absolute atomic E-state index is 13.1. The highest BCUT2D eigenvalue weighted by Crippen LogP contribution is 2.27. The molecular formula is C22H27ClN2O5S. The molecule has 1 aliphatic heterocycles. The Kier molecular flexibility index (Phi) is 8.17. The molecule has 0 atom stereocenters. The molecule has 0 spiro atoms. The molecule has 168 valence electrons. The van der Waals surface area contributed by atoms with Gasteiger partial charge in [-0.25, -0.2) is 8.42 Å². The summed E-state index contributed by atoms with van der Waals surface area (Å²) in [5.74, 6) is 1.00. The van der Waals surface area contributed by atoms with Gasteiger partial charge in [0.1, 0.15) is 23.0 Å². The quantitative estimate of drug-likeness (QED) is 0.599. The van der Waals surface area contributed by atoms with Crippen molar-refractivity contribution in [2.75, 3.05) is 33.4 Å². The molecule has 3 rings (SSSR count). The van der Waals surface area contributed by atoms with Crippen LogP contribution in [0.1, 0.15) is 36.0 Å². The summed E-state index contributed by atoms with van der Waals surface area (Å²) in [6.07, 6.45) is 3.68. The molecule has 31 heavy (non-hydrogen) atoms. The van der Waals surface area contributed by atoms with E-state index in [0.717, 1.165) is 31.4 Å². The summed E-state index contributed by atoms with van der Waals surface area (Å²) < 4.78 is 38.3. The zero-order valence-electron chi connectivity index (χ0n) is 17.5. The number of benzene rings is 2. The van der Waals surface area contributed by atoms with Crippen molar-refractivity contribution >= 4 is 27.5 Å². The standard InChI is InChI=1S/C22H27ClN2O5S/c1-29-18-7-9-19(10-8-18)30-15-12-24-22(26)17-6-11-20(23)21(16-17)31(27,28)25-13-4-2-3-5-14-25/h6-11,16H,2-5,12-15H2,1H3,(H,24,26). The Balaban J connectivity index is 1.61. The predicted octanol–water partition coefficient (Wildman–Crippen LogP) is 3.72. The van der Waals surface area contributed by atoms with Crippen LogP contribution in [0.5, 0.6) is 11.5 Å². The van der Waals surface area contributed by atoms with E-state index in [-0.39, 0.29) is 34.5 Å². The number of carbonyl (C=O) groups excluding carboxylic acids is 1. The van der Waals surface area contributed by atoms with Gasteiger partial charge in [0.2, 0.25) is 10.0 Å². The van der Waals surface area contributed by atoms with Crippen molar-refractivity contribution in [3.05, 3.63) is 53.1 Å². The van der Waals surface area contributed by atoms with E-state index in [1.807, 2.05) is 0 Å². The predicted molar refractivity (Wildman–Crippen MR) is 120 cm³/mol. The van der Waals surface area contributed by atoms with Crippen LogP contribution < -0.4 is 14.8 Å². The van der Waals surface area contributed by atoms with Crippen molar-refractivity contribution in [2.45, 2.75) is 30.6 Å². The first-order chi connectivity index (χ1) is 14.9. The lowest BCUT2D eigenvalue weighted by Gasteiger charge is -2.21. The zero-order valence-corrected chi connectivity index (χ0v) is 19.0. The zero-order chi connectivity index (χ0) is 22.3. The first kappa shape index (κ1) is 23.4. The number of nitrogens with zero attached hydrogens (tertiary/aromatic N) is 1. The van der Waals surface area contributed by atoms with Gasteiger partial charge in [0, 0.05) is 18.7 Å². The fraction of sp³-hybridized carbons (Fsp3) is 0.409. The number of halogens is 1. The molecule has 0 radical (unpaired) electrons. The van der Waals surface area contributed by atoms with Crippen LogP contribution in [0.4, 0.5) is 0 Å². The van der Waals surface area contributed by atoms with Crippen molar-refractivity contribution in [3.8, 4) is 11.5 Å². The minimum Gasteiger partial charge on any atom is -0.497 e. The molecule has 9 heteroatoms. The van der Waals surface area contributed by atoms with Gasteiger partial charge in [-0.05, 0) is 55.3 Å². The topological polar surface area (TPSA) is 84.9 Å². The molecule has 0 aliphatic carbocycles. The Labute approximate surface area is 188 Å². The average molecular weight is 467 g/mol. The van der Waals surface area contributed by atoms with E-state index in [2.05, 4.69) is 5.32 Å². The van der Waals surface area contributed by atoms with E-state index in [9.17, 15) is 13.2 Å². The fourth-order valence-electron chi connectivity index (χ4n) is 3.37. The number of sulfonamides is 1. The van der Waals surface area contributed by atoms with Crippen LogP contribution in [0, 0.1) is 0 Å². The van der Waals surface area contributed by atoms with Gasteiger partial charge >= 0.3 is 0 Å². The lowest BCUT2D eigenvalue weighted by molar-refractivity contribution is 0.0947. The fourth-order valence-corrected chi connectivity index (χ4v) is 5.39. The van der Waals surface area contributed by atoms with Crippen LogP contribution in [0.15, 0.2) is 47.4 Å². The monoisotopic (exact) mass is 466 g/mol. The number of hydrogen-bond acceptors (Lipinski definition) is 5. The van der Waals surface area contributed by atoms with Gasteiger partial charge in [0.25, 0.3) is 5.91 Å². The molecule has 1 saturated heterocycles. The number of carbonyl (C=O) groups is 1. The third kappa shape index (κ3) is 6.12. The molecule has 1 heterocycles. The highest BCUT2D eigenvalue weighted by Gasteiger charge is 2.28. The number of ether oxygens (including phenoxy) is 2. The minimum atomic E-state index is -3.75. The molecule has 7 nitrogen and oxygen atoms in total. The van der Waals surface area contributed by atoms with Gasteiger partial charge in [0.05, 0.1) is 18.7 Å². The van der Waals surface area contributed by atoms with E-state index in [4.69, 9.17) is 21.1 Å². The molecule has 1 amide bonds. The highest BCUT2D eigenvalue weighted by atomic mass is 35.5.